The molecule has 3 heterocycles. The van der Waals surface area contributed by atoms with E-state index in [2.05, 4.69) is 26.9 Å². The molecule has 0 saturated carbocycles. The Balaban J connectivity index is 1.90. The molecular weight excluding hydrogens is 252 g/mol. The average molecular weight is 272 g/mol. The molecule has 0 unspecified atom stereocenters. The van der Waals surface area contributed by atoms with Crippen LogP contribution >= 0.6 is 0 Å². The highest BCUT2D eigenvalue weighted by Crippen LogP contribution is 2.22. The third-order valence-corrected chi connectivity index (χ3v) is 3.72. The van der Waals surface area contributed by atoms with Gasteiger partial charge in [0.05, 0.1) is 11.9 Å². The van der Waals surface area contributed by atoms with Crippen LogP contribution in [0.5, 0.6) is 0 Å². The van der Waals surface area contributed by atoms with Crippen molar-refractivity contribution in [2.24, 2.45) is 7.05 Å². The normalized spacial score (nSPS) is 16.6. The standard InChI is InChI=1S/C14H20N6/c1-11-8-15-14(20-6-4-18(2)5-7-20)17-13(11)12-9-16-19(3)10-12/h8-10H,4-7H2,1-3H3. The zero-order chi connectivity index (χ0) is 14.1. The predicted molar refractivity (Wildman–Crippen MR) is 78.7 cm³/mol. The van der Waals surface area contributed by atoms with Crippen molar-refractivity contribution in [2.75, 3.05) is 38.1 Å². The van der Waals surface area contributed by atoms with Gasteiger partial charge >= 0.3 is 0 Å². The van der Waals surface area contributed by atoms with Crippen LogP contribution in [0.15, 0.2) is 18.6 Å². The monoisotopic (exact) mass is 272 g/mol. The zero-order valence-electron chi connectivity index (χ0n) is 12.2. The predicted octanol–water partition coefficient (Wildman–Crippen LogP) is 0.937. The summed E-state index contributed by atoms with van der Waals surface area (Å²) in [5.74, 6) is 0.822. The summed E-state index contributed by atoms with van der Waals surface area (Å²) in [7, 11) is 4.07. The fourth-order valence-electron chi connectivity index (χ4n) is 2.43. The van der Waals surface area contributed by atoms with Gasteiger partial charge in [-0.3, -0.25) is 4.68 Å². The topological polar surface area (TPSA) is 50.1 Å². The number of aryl methyl sites for hydroxylation is 2. The van der Waals surface area contributed by atoms with E-state index in [1.165, 1.54) is 0 Å². The minimum Gasteiger partial charge on any atom is -0.338 e. The summed E-state index contributed by atoms with van der Waals surface area (Å²) in [6.07, 6.45) is 5.75. The zero-order valence-corrected chi connectivity index (χ0v) is 12.2. The van der Waals surface area contributed by atoms with E-state index in [1.54, 1.807) is 4.68 Å². The first-order chi connectivity index (χ1) is 9.63. The van der Waals surface area contributed by atoms with Gasteiger partial charge in [-0.05, 0) is 19.5 Å². The fraction of sp³-hybridized carbons (Fsp3) is 0.500. The van der Waals surface area contributed by atoms with Gasteiger partial charge in [0.15, 0.2) is 0 Å². The molecule has 0 radical (unpaired) electrons. The van der Waals surface area contributed by atoms with Crippen molar-refractivity contribution in [3.8, 4) is 11.3 Å². The third-order valence-electron chi connectivity index (χ3n) is 3.72. The summed E-state index contributed by atoms with van der Waals surface area (Å²) in [5.41, 5.74) is 3.10. The van der Waals surface area contributed by atoms with Crippen molar-refractivity contribution in [3.05, 3.63) is 24.2 Å². The highest BCUT2D eigenvalue weighted by atomic mass is 15.3. The molecule has 0 bridgehead atoms. The van der Waals surface area contributed by atoms with Crippen LogP contribution in [-0.4, -0.2) is 57.9 Å². The van der Waals surface area contributed by atoms with E-state index in [9.17, 15) is 0 Å². The van der Waals surface area contributed by atoms with E-state index >= 15 is 0 Å². The molecule has 2 aromatic rings. The highest BCUT2D eigenvalue weighted by Gasteiger charge is 2.18. The number of likely N-dealkylation sites (N-methyl/N-ethyl adjacent to an activating group) is 1. The van der Waals surface area contributed by atoms with Crippen molar-refractivity contribution in [1.82, 2.24) is 24.6 Å². The number of rotatable bonds is 2. The number of hydrogen-bond donors (Lipinski definition) is 0. The second kappa shape index (κ2) is 5.20. The molecule has 1 aliphatic rings. The molecule has 3 rings (SSSR count). The van der Waals surface area contributed by atoms with E-state index < -0.39 is 0 Å². The van der Waals surface area contributed by atoms with Crippen molar-refractivity contribution in [3.63, 3.8) is 0 Å². The Morgan fingerprint density at radius 1 is 1.05 bits per heavy atom. The molecule has 6 nitrogen and oxygen atoms in total. The minimum absolute atomic E-state index is 0.822. The molecule has 0 amide bonds. The molecule has 6 heteroatoms. The first-order valence-corrected chi connectivity index (χ1v) is 6.89. The van der Waals surface area contributed by atoms with Gasteiger partial charge in [0, 0.05) is 51.2 Å². The lowest BCUT2D eigenvalue weighted by atomic mass is 10.1. The molecular formula is C14H20N6. The average Bonchev–Trinajstić information content (AvgIpc) is 2.87. The van der Waals surface area contributed by atoms with Gasteiger partial charge in [0.25, 0.3) is 0 Å². The Bertz CT molecular complexity index is 597. The van der Waals surface area contributed by atoms with E-state index in [0.29, 0.717) is 0 Å². The van der Waals surface area contributed by atoms with E-state index in [0.717, 1.165) is 48.9 Å². The highest BCUT2D eigenvalue weighted by molar-refractivity contribution is 5.62. The number of nitrogens with zero attached hydrogens (tertiary/aromatic N) is 6. The van der Waals surface area contributed by atoms with Crippen LogP contribution in [0.2, 0.25) is 0 Å². The maximum Gasteiger partial charge on any atom is 0.225 e. The summed E-state index contributed by atoms with van der Waals surface area (Å²) in [6.45, 7) is 6.10. The molecule has 0 aliphatic carbocycles. The molecule has 1 aliphatic heterocycles. The maximum atomic E-state index is 4.75. The van der Waals surface area contributed by atoms with Crippen LogP contribution in [0, 0.1) is 6.92 Å². The van der Waals surface area contributed by atoms with Crippen LogP contribution < -0.4 is 4.90 Å². The first-order valence-electron chi connectivity index (χ1n) is 6.89. The molecule has 2 aromatic heterocycles. The third kappa shape index (κ3) is 2.51. The maximum absolute atomic E-state index is 4.75. The lowest BCUT2D eigenvalue weighted by Crippen LogP contribution is -2.45. The van der Waals surface area contributed by atoms with Crippen molar-refractivity contribution < 1.29 is 0 Å². The van der Waals surface area contributed by atoms with Crippen LogP contribution in [0.3, 0.4) is 0 Å². The fourth-order valence-corrected chi connectivity index (χ4v) is 2.43. The Morgan fingerprint density at radius 3 is 2.45 bits per heavy atom. The molecule has 1 fully saturated rings. The SMILES string of the molecule is Cc1cnc(N2CCN(C)CC2)nc1-c1cnn(C)c1. The van der Waals surface area contributed by atoms with E-state index in [-0.39, 0.29) is 0 Å². The first kappa shape index (κ1) is 13.1. The summed E-state index contributed by atoms with van der Waals surface area (Å²) < 4.78 is 1.80. The largest absolute Gasteiger partial charge is 0.338 e. The summed E-state index contributed by atoms with van der Waals surface area (Å²) >= 11 is 0. The smallest absolute Gasteiger partial charge is 0.225 e. The Hall–Kier alpha value is -1.95. The van der Waals surface area contributed by atoms with Gasteiger partial charge in [0.1, 0.15) is 0 Å². The number of anilines is 1. The Labute approximate surface area is 119 Å². The Morgan fingerprint density at radius 2 is 1.80 bits per heavy atom. The second-order valence-electron chi connectivity index (χ2n) is 5.39. The van der Waals surface area contributed by atoms with Gasteiger partial charge in [-0.25, -0.2) is 9.97 Å². The summed E-state index contributed by atoms with van der Waals surface area (Å²) in [4.78, 5) is 13.8. The van der Waals surface area contributed by atoms with Crippen LogP contribution in [0.4, 0.5) is 5.95 Å². The second-order valence-corrected chi connectivity index (χ2v) is 5.39. The van der Waals surface area contributed by atoms with Crippen LogP contribution in [0.1, 0.15) is 5.56 Å². The summed E-state index contributed by atoms with van der Waals surface area (Å²) in [6, 6.07) is 0. The molecule has 0 spiro atoms. The molecule has 0 aromatic carbocycles. The molecule has 1 saturated heterocycles. The van der Waals surface area contributed by atoms with Crippen LogP contribution in [0.25, 0.3) is 11.3 Å². The quantitative estimate of drug-likeness (QED) is 0.814. The van der Waals surface area contributed by atoms with Crippen molar-refractivity contribution in [1.29, 1.82) is 0 Å². The van der Waals surface area contributed by atoms with Gasteiger partial charge in [-0.2, -0.15) is 5.10 Å². The van der Waals surface area contributed by atoms with Gasteiger partial charge in [0.2, 0.25) is 5.95 Å². The van der Waals surface area contributed by atoms with Crippen molar-refractivity contribution in [2.45, 2.75) is 6.92 Å². The van der Waals surface area contributed by atoms with E-state index in [4.69, 9.17) is 4.98 Å². The van der Waals surface area contributed by atoms with E-state index in [1.807, 2.05) is 32.6 Å². The number of piperazine rings is 1. The molecule has 106 valence electrons. The van der Waals surface area contributed by atoms with Gasteiger partial charge in [-0.15, -0.1) is 0 Å². The molecule has 0 atom stereocenters. The summed E-state index contributed by atoms with van der Waals surface area (Å²) in [5, 5.41) is 4.22. The van der Waals surface area contributed by atoms with Gasteiger partial charge in [-0.1, -0.05) is 0 Å². The lowest BCUT2D eigenvalue weighted by molar-refractivity contribution is 0.311. The Kier molecular flexibility index (Phi) is 3.40. The van der Waals surface area contributed by atoms with Crippen LogP contribution in [-0.2, 0) is 7.05 Å². The lowest BCUT2D eigenvalue weighted by Gasteiger charge is -2.32. The number of hydrogen-bond acceptors (Lipinski definition) is 5. The molecule has 20 heavy (non-hydrogen) atoms. The molecule has 0 N–H and O–H groups in total. The van der Waals surface area contributed by atoms with Crippen molar-refractivity contribution >= 4 is 5.95 Å². The number of aromatic nitrogens is 4. The minimum atomic E-state index is 0.822. The van der Waals surface area contributed by atoms with Gasteiger partial charge < -0.3 is 9.80 Å².